The van der Waals surface area contributed by atoms with E-state index in [1.54, 1.807) is 13.0 Å². The van der Waals surface area contributed by atoms with E-state index in [9.17, 15) is 10.1 Å². The highest BCUT2D eigenvalue weighted by molar-refractivity contribution is 5.59. The lowest BCUT2D eigenvalue weighted by Gasteiger charge is -2.08. The maximum Gasteiger partial charge on any atom is 0.274 e. The van der Waals surface area contributed by atoms with Gasteiger partial charge >= 0.3 is 0 Å². The Morgan fingerprint density at radius 1 is 1.44 bits per heavy atom. The molecular formula is C11H16N2O3. The average molecular weight is 224 g/mol. The Morgan fingerprint density at radius 3 is 2.81 bits per heavy atom. The number of aliphatic hydroxyl groups is 1. The van der Waals surface area contributed by atoms with E-state index in [1.165, 1.54) is 6.07 Å². The van der Waals surface area contributed by atoms with Gasteiger partial charge < -0.3 is 10.4 Å². The van der Waals surface area contributed by atoms with Crippen LogP contribution in [0.1, 0.15) is 18.4 Å². The summed E-state index contributed by atoms with van der Waals surface area (Å²) in [5.74, 6) is 0. The molecule has 0 aliphatic heterocycles. The number of hydrogen-bond acceptors (Lipinski definition) is 4. The van der Waals surface area contributed by atoms with E-state index in [1.807, 2.05) is 6.07 Å². The van der Waals surface area contributed by atoms with Gasteiger partial charge in [-0.1, -0.05) is 6.07 Å². The summed E-state index contributed by atoms with van der Waals surface area (Å²) in [4.78, 5) is 10.3. The topological polar surface area (TPSA) is 75.4 Å². The molecule has 1 aromatic rings. The monoisotopic (exact) mass is 224 g/mol. The van der Waals surface area contributed by atoms with Gasteiger partial charge in [0, 0.05) is 30.5 Å². The first kappa shape index (κ1) is 12.4. The molecule has 0 spiro atoms. The van der Waals surface area contributed by atoms with Gasteiger partial charge in [-0.3, -0.25) is 10.1 Å². The van der Waals surface area contributed by atoms with Crippen molar-refractivity contribution >= 4 is 11.4 Å². The van der Waals surface area contributed by atoms with Crippen molar-refractivity contribution < 1.29 is 10.0 Å². The van der Waals surface area contributed by atoms with Gasteiger partial charge in [-0.05, 0) is 25.8 Å². The number of benzene rings is 1. The first-order chi connectivity index (χ1) is 7.66. The fraction of sp³-hybridized carbons (Fsp3) is 0.455. The molecule has 0 fully saturated rings. The van der Waals surface area contributed by atoms with Gasteiger partial charge in [-0.15, -0.1) is 0 Å². The molecule has 0 aliphatic carbocycles. The van der Waals surface area contributed by atoms with Gasteiger partial charge in [0.2, 0.25) is 0 Å². The molecule has 0 unspecified atom stereocenters. The van der Waals surface area contributed by atoms with Crippen molar-refractivity contribution in [2.45, 2.75) is 19.8 Å². The van der Waals surface area contributed by atoms with Crippen LogP contribution in [0.15, 0.2) is 18.2 Å². The summed E-state index contributed by atoms with van der Waals surface area (Å²) >= 11 is 0. The molecule has 1 aromatic carbocycles. The smallest absolute Gasteiger partial charge is 0.274 e. The molecular weight excluding hydrogens is 208 g/mol. The number of aliphatic hydroxyl groups excluding tert-OH is 1. The second-order valence-corrected chi connectivity index (χ2v) is 3.56. The Labute approximate surface area is 94.3 Å². The van der Waals surface area contributed by atoms with Crippen LogP contribution in [-0.2, 0) is 0 Å². The van der Waals surface area contributed by atoms with Crippen molar-refractivity contribution in [2.24, 2.45) is 0 Å². The Bertz CT molecular complexity index is 366. The first-order valence-electron chi connectivity index (χ1n) is 5.25. The van der Waals surface area contributed by atoms with Crippen molar-refractivity contribution in [2.75, 3.05) is 18.5 Å². The van der Waals surface area contributed by atoms with Crippen LogP contribution in [0.5, 0.6) is 0 Å². The summed E-state index contributed by atoms with van der Waals surface area (Å²) in [6, 6.07) is 4.98. The minimum Gasteiger partial charge on any atom is -0.396 e. The Balaban J connectivity index is 2.66. The molecule has 88 valence electrons. The third-order valence-corrected chi connectivity index (χ3v) is 2.40. The van der Waals surface area contributed by atoms with Gasteiger partial charge in [0.05, 0.1) is 4.92 Å². The molecule has 0 aromatic heterocycles. The van der Waals surface area contributed by atoms with Gasteiger partial charge in [-0.25, -0.2) is 0 Å². The van der Waals surface area contributed by atoms with Crippen LogP contribution in [0.25, 0.3) is 0 Å². The van der Waals surface area contributed by atoms with Crippen LogP contribution in [-0.4, -0.2) is 23.2 Å². The average Bonchev–Trinajstić information content (AvgIpc) is 2.26. The summed E-state index contributed by atoms with van der Waals surface area (Å²) in [5, 5.41) is 22.4. The SMILES string of the molecule is Cc1c(NCCCCO)cccc1[N+](=O)[O-]. The minimum absolute atomic E-state index is 0.132. The van der Waals surface area contributed by atoms with Crippen molar-refractivity contribution in [1.82, 2.24) is 0 Å². The number of hydrogen-bond donors (Lipinski definition) is 2. The molecule has 0 atom stereocenters. The summed E-state index contributed by atoms with van der Waals surface area (Å²) < 4.78 is 0. The number of anilines is 1. The second-order valence-electron chi connectivity index (χ2n) is 3.56. The highest BCUT2D eigenvalue weighted by Gasteiger charge is 2.12. The normalized spacial score (nSPS) is 10.1. The third-order valence-electron chi connectivity index (χ3n) is 2.40. The van der Waals surface area contributed by atoms with Crippen LogP contribution in [0, 0.1) is 17.0 Å². The van der Waals surface area contributed by atoms with Crippen LogP contribution >= 0.6 is 0 Å². The summed E-state index contributed by atoms with van der Waals surface area (Å²) in [6.07, 6.45) is 1.58. The lowest BCUT2D eigenvalue weighted by Crippen LogP contribution is -2.05. The minimum atomic E-state index is -0.381. The fourth-order valence-electron chi connectivity index (χ4n) is 1.47. The molecule has 0 radical (unpaired) electrons. The van der Waals surface area contributed by atoms with Crippen molar-refractivity contribution in [3.05, 3.63) is 33.9 Å². The van der Waals surface area contributed by atoms with Crippen molar-refractivity contribution in [3.63, 3.8) is 0 Å². The fourth-order valence-corrected chi connectivity index (χ4v) is 1.47. The molecule has 0 saturated carbocycles. The molecule has 0 heterocycles. The van der Waals surface area contributed by atoms with E-state index >= 15 is 0 Å². The Morgan fingerprint density at radius 2 is 2.19 bits per heavy atom. The molecule has 1 rings (SSSR count). The lowest BCUT2D eigenvalue weighted by atomic mass is 10.1. The largest absolute Gasteiger partial charge is 0.396 e. The molecule has 0 saturated heterocycles. The number of rotatable bonds is 6. The Kier molecular flexibility index (Phi) is 4.72. The zero-order chi connectivity index (χ0) is 12.0. The van der Waals surface area contributed by atoms with E-state index in [0.29, 0.717) is 12.1 Å². The summed E-state index contributed by atoms with van der Waals surface area (Å²) in [6.45, 7) is 2.62. The molecule has 5 heteroatoms. The van der Waals surface area contributed by atoms with E-state index < -0.39 is 0 Å². The van der Waals surface area contributed by atoms with E-state index in [0.717, 1.165) is 18.5 Å². The maximum atomic E-state index is 10.7. The van der Waals surface area contributed by atoms with Gasteiger partial charge in [0.15, 0.2) is 0 Å². The number of unbranched alkanes of at least 4 members (excludes halogenated alkanes) is 1. The number of nitrogens with zero attached hydrogens (tertiary/aromatic N) is 1. The lowest BCUT2D eigenvalue weighted by molar-refractivity contribution is -0.385. The predicted molar refractivity (Wildman–Crippen MR) is 62.6 cm³/mol. The standard InChI is InChI=1S/C11H16N2O3/c1-9-10(12-7-2-3-8-14)5-4-6-11(9)13(15)16/h4-6,12,14H,2-3,7-8H2,1H3. The molecule has 0 bridgehead atoms. The highest BCUT2D eigenvalue weighted by atomic mass is 16.6. The molecule has 0 aliphatic rings. The third kappa shape index (κ3) is 3.20. The highest BCUT2D eigenvalue weighted by Crippen LogP contribution is 2.24. The van der Waals surface area contributed by atoms with Gasteiger partial charge in [0.25, 0.3) is 5.69 Å². The van der Waals surface area contributed by atoms with Gasteiger partial charge in [0.1, 0.15) is 0 Å². The van der Waals surface area contributed by atoms with Gasteiger partial charge in [-0.2, -0.15) is 0 Å². The van der Waals surface area contributed by atoms with E-state index in [4.69, 9.17) is 5.11 Å². The summed E-state index contributed by atoms with van der Waals surface area (Å²) in [5.41, 5.74) is 1.57. The van der Waals surface area contributed by atoms with E-state index in [2.05, 4.69) is 5.32 Å². The molecule has 2 N–H and O–H groups in total. The zero-order valence-corrected chi connectivity index (χ0v) is 9.27. The molecule has 16 heavy (non-hydrogen) atoms. The molecule has 0 amide bonds. The quantitative estimate of drug-likeness (QED) is 0.440. The number of nitro benzene ring substituents is 1. The van der Waals surface area contributed by atoms with Crippen molar-refractivity contribution in [3.8, 4) is 0 Å². The number of nitro groups is 1. The van der Waals surface area contributed by atoms with E-state index in [-0.39, 0.29) is 17.2 Å². The van der Waals surface area contributed by atoms with Crippen LogP contribution in [0.4, 0.5) is 11.4 Å². The van der Waals surface area contributed by atoms with Crippen molar-refractivity contribution in [1.29, 1.82) is 0 Å². The maximum absolute atomic E-state index is 10.7. The zero-order valence-electron chi connectivity index (χ0n) is 9.27. The first-order valence-corrected chi connectivity index (χ1v) is 5.25. The molecule has 5 nitrogen and oxygen atoms in total. The Hall–Kier alpha value is -1.62. The van der Waals surface area contributed by atoms with Crippen LogP contribution < -0.4 is 5.32 Å². The second kappa shape index (κ2) is 6.07. The summed E-state index contributed by atoms with van der Waals surface area (Å²) in [7, 11) is 0. The van der Waals surface area contributed by atoms with Crippen LogP contribution in [0.3, 0.4) is 0 Å². The number of nitrogens with one attached hydrogen (secondary N) is 1. The van der Waals surface area contributed by atoms with Crippen LogP contribution in [0.2, 0.25) is 0 Å². The predicted octanol–water partition coefficient (Wildman–Crippen LogP) is 2.09.